The van der Waals surface area contributed by atoms with E-state index in [4.69, 9.17) is 0 Å². The highest BCUT2D eigenvalue weighted by atomic mass is 16.2. The SMILES string of the molecule is CNCC(C)C(=O)N1CCN(CC(=O)NC2CCCC(C)C2)CC1. The molecule has 1 saturated heterocycles. The maximum absolute atomic E-state index is 12.3. The summed E-state index contributed by atoms with van der Waals surface area (Å²) in [6, 6.07) is 0.353. The summed E-state index contributed by atoms with van der Waals surface area (Å²) in [6.07, 6.45) is 4.73. The summed E-state index contributed by atoms with van der Waals surface area (Å²) in [5.74, 6) is 1.08. The lowest BCUT2D eigenvalue weighted by Crippen LogP contribution is -2.53. The molecule has 3 unspecified atom stereocenters. The number of piperazine rings is 1. The average Bonchev–Trinajstić information content (AvgIpc) is 2.55. The fraction of sp³-hybridized carbons (Fsp3) is 0.889. The van der Waals surface area contributed by atoms with E-state index in [1.807, 2.05) is 18.9 Å². The standard InChI is InChI=1S/C18H34N4O2/c1-14-5-4-6-16(11-14)20-17(23)13-21-7-9-22(10-8-21)18(24)15(2)12-19-3/h14-16,19H,4-13H2,1-3H3,(H,20,23). The minimum atomic E-state index is 0.0122. The molecule has 3 atom stereocenters. The normalized spacial score (nSPS) is 26.9. The van der Waals surface area contributed by atoms with Crippen LogP contribution in [-0.4, -0.2) is 74.0 Å². The van der Waals surface area contributed by atoms with Gasteiger partial charge in [0.1, 0.15) is 0 Å². The van der Waals surface area contributed by atoms with Gasteiger partial charge in [-0.25, -0.2) is 0 Å². The van der Waals surface area contributed by atoms with Crippen LogP contribution in [0.25, 0.3) is 0 Å². The Morgan fingerprint density at radius 2 is 1.88 bits per heavy atom. The van der Waals surface area contributed by atoms with E-state index in [2.05, 4.69) is 22.5 Å². The van der Waals surface area contributed by atoms with Crippen LogP contribution in [0.15, 0.2) is 0 Å². The Morgan fingerprint density at radius 1 is 1.17 bits per heavy atom. The molecule has 24 heavy (non-hydrogen) atoms. The van der Waals surface area contributed by atoms with Gasteiger partial charge in [-0.15, -0.1) is 0 Å². The number of carbonyl (C=O) groups is 2. The summed E-state index contributed by atoms with van der Waals surface area (Å²) in [4.78, 5) is 28.6. The largest absolute Gasteiger partial charge is 0.352 e. The molecular formula is C18H34N4O2. The fourth-order valence-electron chi connectivity index (χ4n) is 3.87. The van der Waals surface area contributed by atoms with Crippen molar-refractivity contribution in [1.29, 1.82) is 0 Å². The van der Waals surface area contributed by atoms with Gasteiger partial charge in [-0.1, -0.05) is 26.7 Å². The number of nitrogens with zero attached hydrogens (tertiary/aromatic N) is 2. The van der Waals surface area contributed by atoms with Crippen molar-refractivity contribution in [2.45, 2.75) is 45.6 Å². The van der Waals surface area contributed by atoms with Crippen LogP contribution in [0.5, 0.6) is 0 Å². The minimum absolute atomic E-state index is 0.0122. The summed E-state index contributed by atoms with van der Waals surface area (Å²) in [5.41, 5.74) is 0. The number of hydrogen-bond donors (Lipinski definition) is 2. The number of carbonyl (C=O) groups excluding carboxylic acids is 2. The molecule has 1 heterocycles. The number of amides is 2. The molecule has 6 heteroatoms. The summed E-state index contributed by atoms with van der Waals surface area (Å²) >= 11 is 0. The number of nitrogens with one attached hydrogen (secondary N) is 2. The predicted octanol–water partition coefficient (Wildman–Crippen LogP) is 0.681. The maximum Gasteiger partial charge on any atom is 0.234 e. The number of hydrogen-bond acceptors (Lipinski definition) is 4. The first-order valence-corrected chi connectivity index (χ1v) is 9.44. The van der Waals surface area contributed by atoms with E-state index in [0.717, 1.165) is 44.9 Å². The molecule has 2 amide bonds. The molecule has 0 aromatic carbocycles. The zero-order valence-corrected chi connectivity index (χ0v) is 15.5. The van der Waals surface area contributed by atoms with Crippen LogP contribution in [0.4, 0.5) is 0 Å². The van der Waals surface area contributed by atoms with E-state index in [-0.39, 0.29) is 17.7 Å². The zero-order valence-electron chi connectivity index (χ0n) is 15.5. The van der Waals surface area contributed by atoms with Crippen LogP contribution >= 0.6 is 0 Å². The molecule has 1 aliphatic carbocycles. The lowest BCUT2D eigenvalue weighted by atomic mass is 9.87. The minimum Gasteiger partial charge on any atom is -0.352 e. The Balaban J connectivity index is 1.68. The van der Waals surface area contributed by atoms with Gasteiger partial charge in [-0.2, -0.15) is 0 Å². The number of rotatable bonds is 6. The Bertz CT molecular complexity index is 421. The molecule has 6 nitrogen and oxygen atoms in total. The molecule has 0 spiro atoms. The van der Waals surface area contributed by atoms with Crippen molar-refractivity contribution in [2.24, 2.45) is 11.8 Å². The van der Waals surface area contributed by atoms with Crippen LogP contribution in [0.3, 0.4) is 0 Å². The Morgan fingerprint density at radius 3 is 2.50 bits per heavy atom. The molecule has 2 rings (SSSR count). The Labute approximate surface area is 146 Å². The van der Waals surface area contributed by atoms with Gasteiger partial charge in [0.15, 0.2) is 0 Å². The Kier molecular flexibility index (Phi) is 7.49. The van der Waals surface area contributed by atoms with E-state index in [1.54, 1.807) is 0 Å². The summed E-state index contributed by atoms with van der Waals surface area (Å²) in [7, 11) is 1.87. The van der Waals surface area contributed by atoms with Crippen molar-refractivity contribution in [3.8, 4) is 0 Å². The first-order valence-electron chi connectivity index (χ1n) is 9.44. The van der Waals surface area contributed by atoms with Gasteiger partial charge in [0.05, 0.1) is 6.54 Å². The highest BCUT2D eigenvalue weighted by molar-refractivity contribution is 5.79. The van der Waals surface area contributed by atoms with Crippen molar-refractivity contribution in [1.82, 2.24) is 20.4 Å². The van der Waals surface area contributed by atoms with Crippen LogP contribution in [0, 0.1) is 11.8 Å². The molecular weight excluding hydrogens is 304 g/mol. The van der Waals surface area contributed by atoms with Crippen LogP contribution < -0.4 is 10.6 Å². The van der Waals surface area contributed by atoms with Crippen molar-refractivity contribution in [3.63, 3.8) is 0 Å². The van der Waals surface area contributed by atoms with Gasteiger partial charge in [0, 0.05) is 44.7 Å². The van der Waals surface area contributed by atoms with Crippen molar-refractivity contribution in [2.75, 3.05) is 46.3 Å². The van der Waals surface area contributed by atoms with Gasteiger partial charge < -0.3 is 15.5 Å². The van der Waals surface area contributed by atoms with Gasteiger partial charge in [0.2, 0.25) is 11.8 Å². The second kappa shape index (κ2) is 9.37. The zero-order chi connectivity index (χ0) is 17.5. The van der Waals surface area contributed by atoms with E-state index in [9.17, 15) is 9.59 Å². The smallest absolute Gasteiger partial charge is 0.234 e. The maximum atomic E-state index is 12.3. The lowest BCUT2D eigenvalue weighted by molar-refractivity contribution is -0.136. The molecule has 2 aliphatic rings. The van der Waals surface area contributed by atoms with E-state index in [1.165, 1.54) is 12.8 Å². The molecule has 1 aliphatic heterocycles. The van der Waals surface area contributed by atoms with E-state index < -0.39 is 0 Å². The van der Waals surface area contributed by atoms with E-state index >= 15 is 0 Å². The summed E-state index contributed by atoms with van der Waals surface area (Å²) in [6.45, 7) is 8.41. The van der Waals surface area contributed by atoms with E-state index in [0.29, 0.717) is 19.1 Å². The quantitative estimate of drug-likeness (QED) is 0.748. The first-order chi connectivity index (χ1) is 11.5. The van der Waals surface area contributed by atoms with Crippen molar-refractivity contribution < 1.29 is 9.59 Å². The van der Waals surface area contributed by atoms with Gasteiger partial charge >= 0.3 is 0 Å². The first kappa shape index (κ1) is 19.2. The van der Waals surface area contributed by atoms with Gasteiger partial charge in [-0.05, 0) is 25.8 Å². The molecule has 0 aromatic rings. The summed E-state index contributed by atoms with van der Waals surface area (Å²) in [5, 5.41) is 6.25. The van der Waals surface area contributed by atoms with Gasteiger partial charge in [0.25, 0.3) is 0 Å². The highest BCUT2D eigenvalue weighted by Crippen LogP contribution is 2.23. The van der Waals surface area contributed by atoms with Crippen LogP contribution in [-0.2, 0) is 9.59 Å². The third-order valence-corrected chi connectivity index (χ3v) is 5.28. The Hall–Kier alpha value is -1.14. The van der Waals surface area contributed by atoms with Crippen LogP contribution in [0.1, 0.15) is 39.5 Å². The topological polar surface area (TPSA) is 64.7 Å². The predicted molar refractivity (Wildman–Crippen MR) is 95.7 cm³/mol. The highest BCUT2D eigenvalue weighted by Gasteiger charge is 2.26. The molecule has 0 bridgehead atoms. The average molecular weight is 338 g/mol. The molecule has 0 aromatic heterocycles. The van der Waals surface area contributed by atoms with Crippen molar-refractivity contribution in [3.05, 3.63) is 0 Å². The molecule has 1 saturated carbocycles. The third-order valence-electron chi connectivity index (χ3n) is 5.28. The summed E-state index contributed by atoms with van der Waals surface area (Å²) < 4.78 is 0. The second-order valence-electron chi connectivity index (χ2n) is 7.60. The lowest BCUT2D eigenvalue weighted by Gasteiger charge is -2.36. The van der Waals surface area contributed by atoms with Gasteiger partial charge in [-0.3, -0.25) is 14.5 Å². The molecule has 138 valence electrons. The monoisotopic (exact) mass is 338 g/mol. The van der Waals surface area contributed by atoms with Crippen LogP contribution in [0.2, 0.25) is 0 Å². The van der Waals surface area contributed by atoms with Crippen molar-refractivity contribution >= 4 is 11.8 Å². The second-order valence-corrected chi connectivity index (χ2v) is 7.60. The molecule has 2 fully saturated rings. The third kappa shape index (κ3) is 5.74. The molecule has 0 radical (unpaired) electrons. The molecule has 2 N–H and O–H groups in total. The fourth-order valence-corrected chi connectivity index (χ4v) is 3.87.